The maximum absolute atomic E-state index is 9.82. The highest BCUT2D eigenvalue weighted by Gasteiger charge is 2.38. The summed E-state index contributed by atoms with van der Waals surface area (Å²) in [6, 6.07) is 0. The number of nitrogens with zero attached hydrogens (tertiary/aromatic N) is 1. The van der Waals surface area contributed by atoms with E-state index in [1.54, 1.807) is 0 Å². The lowest BCUT2D eigenvalue weighted by Gasteiger charge is -2.46. The number of hydrogen-bond donors (Lipinski definition) is 1. The highest BCUT2D eigenvalue weighted by atomic mass is 16.3. The van der Waals surface area contributed by atoms with E-state index in [-0.39, 0.29) is 5.60 Å². The van der Waals surface area contributed by atoms with Crippen LogP contribution in [0.25, 0.3) is 0 Å². The molecular formula is C13H27NO. The lowest BCUT2D eigenvalue weighted by atomic mass is 9.91. The van der Waals surface area contributed by atoms with Gasteiger partial charge in [0.25, 0.3) is 0 Å². The van der Waals surface area contributed by atoms with E-state index in [9.17, 15) is 5.11 Å². The lowest BCUT2D eigenvalue weighted by Crippen LogP contribution is -2.61. The normalized spacial score (nSPS) is 20.2. The van der Waals surface area contributed by atoms with Gasteiger partial charge in [-0.2, -0.15) is 0 Å². The quantitative estimate of drug-likeness (QED) is 0.627. The molecule has 15 heavy (non-hydrogen) atoms. The van der Waals surface area contributed by atoms with Gasteiger partial charge in [0.2, 0.25) is 0 Å². The van der Waals surface area contributed by atoms with Crippen LogP contribution in [-0.2, 0) is 0 Å². The first-order valence-electron chi connectivity index (χ1n) is 6.65. The third-order valence-corrected chi connectivity index (χ3v) is 3.52. The van der Waals surface area contributed by atoms with Gasteiger partial charge in [-0.3, -0.25) is 4.90 Å². The zero-order chi connectivity index (χ0) is 11.1. The molecule has 0 atom stereocenters. The molecule has 1 saturated heterocycles. The van der Waals surface area contributed by atoms with E-state index in [2.05, 4.69) is 18.7 Å². The van der Waals surface area contributed by atoms with E-state index in [0.717, 1.165) is 19.5 Å². The first-order valence-corrected chi connectivity index (χ1v) is 6.65. The van der Waals surface area contributed by atoms with Crippen molar-refractivity contribution in [2.45, 2.75) is 64.4 Å². The zero-order valence-electron chi connectivity index (χ0n) is 10.5. The topological polar surface area (TPSA) is 23.5 Å². The summed E-state index contributed by atoms with van der Waals surface area (Å²) in [4.78, 5) is 2.38. The first-order chi connectivity index (χ1) is 7.20. The Kier molecular flexibility index (Phi) is 5.62. The molecule has 1 N–H and O–H groups in total. The Balaban J connectivity index is 1.86. The Morgan fingerprint density at radius 3 is 2.20 bits per heavy atom. The minimum Gasteiger partial charge on any atom is -0.387 e. The van der Waals surface area contributed by atoms with Crippen LogP contribution in [0, 0.1) is 0 Å². The van der Waals surface area contributed by atoms with Gasteiger partial charge in [0.05, 0.1) is 5.60 Å². The summed E-state index contributed by atoms with van der Waals surface area (Å²) in [6.07, 6.45) is 9.08. The van der Waals surface area contributed by atoms with Gasteiger partial charge in [0.1, 0.15) is 0 Å². The SMILES string of the molecule is CCCCCCCCN1CC(O)(CC)C1. The molecular weight excluding hydrogens is 186 g/mol. The molecule has 0 saturated carbocycles. The van der Waals surface area contributed by atoms with Crippen molar-refractivity contribution >= 4 is 0 Å². The summed E-state index contributed by atoms with van der Waals surface area (Å²) in [5, 5.41) is 9.82. The third-order valence-electron chi connectivity index (χ3n) is 3.52. The molecule has 2 heteroatoms. The second kappa shape index (κ2) is 6.49. The van der Waals surface area contributed by atoms with Crippen molar-refractivity contribution in [2.24, 2.45) is 0 Å². The van der Waals surface area contributed by atoms with E-state index in [4.69, 9.17) is 0 Å². The van der Waals surface area contributed by atoms with Gasteiger partial charge in [-0.05, 0) is 19.4 Å². The molecule has 2 nitrogen and oxygen atoms in total. The Morgan fingerprint density at radius 2 is 1.60 bits per heavy atom. The van der Waals surface area contributed by atoms with Crippen LogP contribution >= 0.6 is 0 Å². The molecule has 1 aliphatic heterocycles. The maximum atomic E-state index is 9.82. The Hall–Kier alpha value is -0.0800. The Labute approximate surface area is 94.7 Å². The van der Waals surface area contributed by atoms with Crippen LogP contribution < -0.4 is 0 Å². The van der Waals surface area contributed by atoms with Crippen LogP contribution in [0.1, 0.15) is 58.8 Å². The van der Waals surface area contributed by atoms with E-state index in [0.29, 0.717) is 0 Å². The molecule has 0 aromatic heterocycles. The number of unbranched alkanes of at least 4 members (excludes halogenated alkanes) is 5. The van der Waals surface area contributed by atoms with Gasteiger partial charge in [0.15, 0.2) is 0 Å². The van der Waals surface area contributed by atoms with Crippen LogP contribution in [-0.4, -0.2) is 35.2 Å². The number of aliphatic hydroxyl groups is 1. The molecule has 1 aliphatic rings. The minimum absolute atomic E-state index is 0.345. The lowest BCUT2D eigenvalue weighted by molar-refractivity contribution is -0.0995. The van der Waals surface area contributed by atoms with Crippen LogP contribution in [0.4, 0.5) is 0 Å². The maximum Gasteiger partial charge on any atom is 0.0897 e. The standard InChI is InChI=1S/C13H27NO/c1-3-5-6-7-8-9-10-14-11-13(15,4-2)12-14/h15H,3-12H2,1-2H3. The molecule has 0 aromatic carbocycles. The molecule has 0 aromatic rings. The van der Waals surface area contributed by atoms with E-state index >= 15 is 0 Å². The van der Waals surface area contributed by atoms with Crippen LogP contribution in [0.2, 0.25) is 0 Å². The predicted octanol–water partition coefficient (Wildman–Crippen LogP) is 2.80. The zero-order valence-corrected chi connectivity index (χ0v) is 10.5. The second-order valence-electron chi connectivity index (χ2n) is 5.06. The number of hydrogen-bond acceptors (Lipinski definition) is 2. The Morgan fingerprint density at radius 1 is 1.00 bits per heavy atom. The van der Waals surface area contributed by atoms with Crippen molar-refractivity contribution in [2.75, 3.05) is 19.6 Å². The molecule has 0 bridgehead atoms. The fraction of sp³-hybridized carbons (Fsp3) is 1.00. The van der Waals surface area contributed by atoms with Crippen molar-refractivity contribution in [3.8, 4) is 0 Å². The summed E-state index contributed by atoms with van der Waals surface area (Å²) in [5.74, 6) is 0. The molecule has 1 heterocycles. The van der Waals surface area contributed by atoms with Crippen molar-refractivity contribution in [3.05, 3.63) is 0 Å². The monoisotopic (exact) mass is 213 g/mol. The van der Waals surface area contributed by atoms with Gasteiger partial charge in [0, 0.05) is 13.1 Å². The highest BCUT2D eigenvalue weighted by molar-refractivity contribution is 4.93. The summed E-state index contributed by atoms with van der Waals surface area (Å²) >= 11 is 0. The summed E-state index contributed by atoms with van der Waals surface area (Å²) in [6.45, 7) is 7.32. The van der Waals surface area contributed by atoms with Crippen molar-refractivity contribution in [3.63, 3.8) is 0 Å². The van der Waals surface area contributed by atoms with Gasteiger partial charge < -0.3 is 5.11 Å². The van der Waals surface area contributed by atoms with E-state index < -0.39 is 0 Å². The molecule has 0 amide bonds. The van der Waals surface area contributed by atoms with Crippen LogP contribution in [0.5, 0.6) is 0 Å². The van der Waals surface area contributed by atoms with Crippen LogP contribution in [0.15, 0.2) is 0 Å². The average Bonchev–Trinajstić information content (AvgIpc) is 2.20. The van der Waals surface area contributed by atoms with E-state index in [1.165, 1.54) is 45.1 Å². The molecule has 0 spiro atoms. The average molecular weight is 213 g/mol. The molecule has 0 aliphatic carbocycles. The second-order valence-corrected chi connectivity index (χ2v) is 5.06. The highest BCUT2D eigenvalue weighted by Crippen LogP contribution is 2.24. The molecule has 0 unspecified atom stereocenters. The molecule has 90 valence electrons. The third kappa shape index (κ3) is 4.52. The first kappa shape index (κ1) is 13.0. The number of rotatable bonds is 8. The van der Waals surface area contributed by atoms with Gasteiger partial charge >= 0.3 is 0 Å². The summed E-state index contributed by atoms with van der Waals surface area (Å²) < 4.78 is 0. The Bertz CT molecular complexity index is 164. The van der Waals surface area contributed by atoms with Crippen molar-refractivity contribution in [1.82, 2.24) is 4.90 Å². The van der Waals surface area contributed by atoms with E-state index in [1.807, 2.05) is 0 Å². The number of likely N-dealkylation sites (tertiary alicyclic amines) is 1. The summed E-state index contributed by atoms with van der Waals surface area (Å²) in [5.41, 5.74) is -0.345. The molecule has 0 radical (unpaired) electrons. The summed E-state index contributed by atoms with van der Waals surface area (Å²) in [7, 11) is 0. The fourth-order valence-corrected chi connectivity index (χ4v) is 2.28. The number of β-amino-alcohol motifs (C(OH)–C–C–N with tert-alkyl or cyclic N) is 1. The van der Waals surface area contributed by atoms with Gasteiger partial charge in [-0.1, -0.05) is 46.0 Å². The van der Waals surface area contributed by atoms with Crippen LogP contribution in [0.3, 0.4) is 0 Å². The molecule has 1 rings (SSSR count). The fourth-order valence-electron chi connectivity index (χ4n) is 2.28. The largest absolute Gasteiger partial charge is 0.387 e. The smallest absolute Gasteiger partial charge is 0.0897 e. The van der Waals surface area contributed by atoms with Crippen molar-refractivity contribution in [1.29, 1.82) is 0 Å². The van der Waals surface area contributed by atoms with Gasteiger partial charge in [-0.25, -0.2) is 0 Å². The van der Waals surface area contributed by atoms with Crippen molar-refractivity contribution < 1.29 is 5.11 Å². The predicted molar refractivity (Wildman–Crippen MR) is 65.1 cm³/mol. The molecule has 1 fully saturated rings. The minimum atomic E-state index is -0.345. The van der Waals surface area contributed by atoms with Gasteiger partial charge in [-0.15, -0.1) is 0 Å².